The Balaban J connectivity index is 1.96. The quantitative estimate of drug-likeness (QED) is 0.834. The average molecular weight is 241 g/mol. The predicted octanol–water partition coefficient (Wildman–Crippen LogP) is 2.73. The molecule has 0 aliphatic heterocycles. The molecule has 0 saturated heterocycles. The summed E-state index contributed by atoms with van der Waals surface area (Å²) in [6, 6.07) is 3.42. The van der Waals surface area contributed by atoms with E-state index in [4.69, 9.17) is 9.52 Å². The van der Waals surface area contributed by atoms with Crippen molar-refractivity contribution in [3.8, 4) is 0 Å². The molecular formula is C9H7NO3S2. The van der Waals surface area contributed by atoms with E-state index in [0.29, 0.717) is 15.9 Å². The van der Waals surface area contributed by atoms with Crippen LogP contribution in [0, 0.1) is 0 Å². The lowest BCUT2D eigenvalue weighted by Gasteiger charge is -1.92. The summed E-state index contributed by atoms with van der Waals surface area (Å²) in [4.78, 5) is 15.9. The number of nitrogens with zero attached hydrogens (tertiary/aromatic N) is 1. The highest BCUT2D eigenvalue weighted by atomic mass is 32.2. The van der Waals surface area contributed by atoms with Crippen molar-refractivity contribution in [1.82, 2.24) is 4.98 Å². The maximum atomic E-state index is 10.6. The van der Waals surface area contributed by atoms with Gasteiger partial charge in [-0.1, -0.05) is 11.8 Å². The number of oxazole rings is 1. The van der Waals surface area contributed by atoms with Crippen molar-refractivity contribution in [2.45, 2.75) is 11.0 Å². The number of thiophene rings is 1. The molecule has 0 radical (unpaired) electrons. The molecule has 2 aromatic rings. The largest absolute Gasteiger partial charge is 0.477 e. The second kappa shape index (κ2) is 4.50. The first-order chi connectivity index (χ1) is 7.25. The average Bonchev–Trinajstić information content (AvgIpc) is 2.86. The van der Waals surface area contributed by atoms with Gasteiger partial charge in [-0.3, -0.25) is 0 Å². The number of carboxylic acid groups (broad SMARTS) is 1. The Labute approximate surface area is 94.0 Å². The minimum atomic E-state index is -0.882. The van der Waals surface area contributed by atoms with Gasteiger partial charge >= 0.3 is 5.97 Å². The summed E-state index contributed by atoms with van der Waals surface area (Å²) in [7, 11) is 0. The Hall–Kier alpha value is -1.27. The van der Waals surface area contributed by atoms with E-state index in [1.54, 1.807) is 12.3 Å². The van der Waals surface area contributed by atoms with Crippen LogP contribution in [0.4, 0.5) is 0 Å². The van der Waals surface area contributed by atoms with Gasteiger partial charge in [0, 0.05) is 10.6 Å². The number of carbonyl (C=O) groups is 1. The molecular weight excluding hydrogens is 234 g/mol. The highest BCUT2D eigenvalue weighted by molar-refractivity contribution is 7.98. The van der Waals surface area contributed by atoms with E-state index in [2.05, 4.69) is 4.98 Å². The molecule has 2 rings (SSSR count). The second-order valence-corrected chi connectivity index (χ2v) is 4.75. The molecule has 6 heteroatoms. The van der Waals surface area contributed by atoms with Crippen LogP contribution in [0.5, 0.6) is 0 Å². The zero-order valence-electron chi connectivity index (χ0n) is 7.54. The van der Waals surface area contributed by atoms with Crippen molar-refractivity contribution < 1.29 is 14.3 Å². The third kappa shape index (κ3) is 2.60. The molecule has 0 unspecified atom stereocenters. The summed E-state index contributed by atoms with van der Waals surface area (Å²) >= 11 is 2.72. The van der Waals surface area contributed by atoms with Crippen LogP contribution in [-0.2, 0) is 5.75 Å². The van der Waals surface area contributed by atoms with Crippen LogP contribution >= 0.6 is 23.1 Å². The first-order valence-electron chi connectivity index (χ1n) is 4.10. The van der Waals surface area contributed by atoms with E-state index in [-0.39, 0.29) is 0 Å². The van der Waals surface area contributed by atoms with Gasteiger partial charge in [0.25, 0.3) is 5.22 Å². The third-order valence-electron chi connectivity index (χ3n) is 1.62. The fourth-order valence-corrected chi connectivity index (χ4v) is 2.66. The Morgan fingerprint density at radius 3 is 3.07 bits per heavy atom. The minimum absolute atomic E-state index is 0.359. The summed E-state index contributed by atoms with van der Waals surface area (Å²) < 4.78 is 5.05. The zero-order chi connectivity index (χ0) is 10.7. The number of hydrogen-bond donors (Lipinski definition) is 1. The van der Waals surface area contributed by atoms with E-state index < -0.39 is 5.97 Å². The van der Waals surface area contributed by atoms with Gasteiger partial charge in [0.15, 0.2) is 0 Å². The van der Waals surface area contributed by atoms with Crippen LogP contribution < -0.4 is 0 Å². The van der Waals surface area contributed by atoms with Crippen LogP contribution in [0.15, 0.2) is 34.2 Å². The van der Waals surface area contributed by atoms with Crippen LogP contribution in [0.3, 0.4) is 0 Å². The first kappa shape index (κ1) is 10.3. The lowest BCUT2D eigenvalue weighted by Crippen LogP contribution is -1.89. The molecule has 0 fully saturated rings. The second-order valence-electron chi connectivity index (χ2n) is 2.66. The highest BCUT2D eigenvalue weighted by Crippen LogP contribution is 2.25. The van der Waals surface area contributed by atoms with Gasteiger partial charge in [-0.2, -0.15) is 0 Å². The fraction of sp³-hybridized carbons (Fsp3) is 0.111. The zero-order valence-corrected chi connectivity index (χ0v) is 9.18. The highest BCUT2D eigenvalue weighted by Gasteiger charge is 2.07. The van der Waals surface area contributed by atoms with Crippen molar-refractivity contribution in [1.29, 1.82) is 0 Å². The molecule has 0 saturated carbocycles. The van der Waals surface area contributed by atoms with Gasteiger partial charge in [-0.05, 0) is 12.1 Å². The summed E-state index contributed by atoms with van der Waals surface area (Å²) in [5.41, 5.74) is 0. The predicted molar refractivity (Wildman–Crippen MR) is 57.3 cm³/mol. The molecule has 2 aromatic heterocycles. The minimum Gasteiger partial charge on any atom is -0.477 e. The summed E-state index contributed by atoms with van der Waals surface area (Å²) in [6.07, 6.45) is 3.10. The van der Waals surface area contributed by atoms with Gasteiger partial charge in [0.05, 0.1) is 6.20 Å². The summed E-state index contributed by atoms with van der Waals surface area (Å²) in [5.74, 6) is -0.203. The van der Waals surface area contributed by atoms with Crippen molar-refractivity contribution in [2.24, 2.45) is 0 Å². The van der Waals surface area contributed by atoms with Gasteiger partial charge < -0.3 is 9.52 Å². The number of hydrogen-bond acceptors (Lipinski definition) is 5. The van der Waals surface area contributed by atoms with Crippen molar-refractivity contribution in [2.75, 3.05) is 0 Å². The van der Waals surface area contributed by atoms with Gasteiger partial charge in [0.1, 0.15) is 11.1 Å². The molecule has 0 aliphatic rings. The molecule has 1 N–H and O–H groups in total. The van der Waals surface area contributed by atoms with E-state index in [0.717, 1.165) is 4.88 Å². The lowest BCUT2D eigenvalue weighted by molar-refractivity contribution is 0.0702. The topological polar surface area (TPSA) is 63.3 Å². The number of aromatic nitrogens is 1. The van der Waals surface area contributed by atoms with E-state index in [1.165, 1.54) is 29.4 Å². The number of thioether (sulfide) groups is 1. The van der Waals surface area contributed by atoms with Crippen molar-refractivity contribution in [3.63, 3.8) is 0 Å². The maximum Gasteiger partial charge on any atom is 0.345 e. The van der Waals surface area contributed by atoms with Crippen LogP contribution in [0.25, 0.3) is 0 Å². The molecule has 0 atom stereocenters. The number of carboxylic acids is 1. The number of aromatic carboxylic acids is 1. The SMILES string of the molecule is O=C(O)c1ccc(CSc2ncco2)s1. The maximum absolute atomic E-state index is 10.6. The Morgan fingerprint density at radius 1 is 1.60 bits per heavy atom. The molecule has 15 heavy (non-hydrogen) atoms. The van der Waals surface area contributed by atoms with E-state index in [1.807, 2.05) is 6.07 Å². The Morgan fingerprint density at radius 2 is 2.47 bits per heavy atom. The van der Waals surface area contributed by atoms with Crippen LogP contribution in [0.2, 0.25) is 0 Å². The van der Waals surface area contributed by atoms with E-state index in [9.17, 15) is 4.79 Å². The molecule has 2 heterocycles. The monoisotopic (exact) mass is 241 g/mol. The normalized spacial score (nSPS) is 10.4. The van der Waals surface area contributed by atoms with Crippen LogP contribution in [-0.4, -0.2) is 16.1 Å². The Bertz CT molecular complexity index is 450. The Kier molecular flexibility index (Phi) is 3.08. The first-order valence-corrected chi connectivity index (χ1v) is 5.90. The van der Waals surface area contributed by atoms with Crippen molar-refractivity contribution in [3.05, 3.63) is 34.3 Å². The fourth-order valence-electron chi connectivity index (χ4n) is 0.985. The summed E-state index contributed by atoms with van der Waals surface area (Å²) in [6.45, 7) is 0. The molecule has 0 aliphatic carbocycles. The van der Waals surface area contributed by atoms with Crippen molar-refractivity contribution >= 4 is 29.1 Å². The molecule has 0 bridgehead atoms. The van der Waals surface area contributed by atoms with Gasteiger partial charge in [-0.25, -0.2) is 9.78 Å². The van der Waals surface area contributed by atoms with Gasteiger partial charge in [0.2, 0.25) is 0 Å². The molecule has 4 nitrogen and oxygen atoms in total. The number of rotatable bonds is 4. The third-order valence-corrected chi connectivity index (χ3v) is 3.78. The van der Waals surface area contributed by atoms with Gasteiger partial charge in [-0.15, -0.1) is 11.3 Å². The van der Waals surface area contributed by atoms with E-state index >= 15 is 0 Å². The molecule has 78 valence electrons. The molecule has 0 aromatic carbocycles. The van der Waals surface area contributed by atoms with Crippen LogP contribution in [0.1, 0.15) is 14.5 Å². The molecule has 0 amide bonds. The lowest BCUT2D eigenvalue weighted by atomic mass is 10.4. The standard InChI is InChI=1S/C9H7NO3S2/c11-8(12)7-2-1-6(15-7)5-14-9-10-3-4-13-9/h1-4H,5H2,(H,11,12). The molecule has 0 spiro atoms. The summed E-state index contributed by atoms with van der Waals surface area (Å²) in [5, 5.41) is 9.32. The smallest absolute Gasteiger partial charge is 0.345 e.